The van der Waals surface area contributed by atoms with Gasteiger partial charge in [0.25, 0.3) is 0 Å². The molecule has 0 fully saturated rings. The molecule has 0 N–H and O–H groups in total. The van der Waals surface area contributed by atoms with E-state index >= 15 is 0 Å². The van der Waals surface area contributed by atoms with Gasteiger partial charge in [-0.1, -0.05) is 0 Å². The summed E-state index contributed by atoms with van der Waals surface area (Å²) in [5, 5.41) is 0. The first-order chi connectivity index (χ1) is 6.27. The third-order valence-corrected chi connectivity index (χ3v) is 1.01. The van der Waals surface area contributed by atoms with E-state index in [-0.39, 0.29) is 0 Å². The van der Waals surface area contributed by atoms with Gasteiger partial charge in [-0.2, -0.15) is 0 Å². The third-order valence-electron chi connectivity index (χ3n) is 0.512. The second-order valence-electron chi connectivity index (χ2n) is 2.61. The summed E-state index contributed by atoms with van der Waals surface area (Å²) < 4.78 is 6.64. The number of hydrogen-bond donors (Lipinski definition) is 0. The molecule has 0 atom stereocenters. The summed E-state index contributed by atoms with van der Waals surface area (Å²) in [6, 6.07) is 0. The van der Waals surface area contributed by atoms with Crippen LogP contribution in [-0.4, -0.2) is 17.4 Å². The molecule has 14 heavy (non-hydrogen) atoms. The normalized spacial score (nSPS) is 6.64. The summed E-state index contributed by atoms with van der Waals surface area (Å²) >= 11 is 9.66. The van der Waals surface area contributed by atoms with Crippen LogP contribution in [0.4, 0.5) is 0 Å². The minimum atomic E-state index is 1.10. The van der Waals surface area contributed by atoms with Crippen molar-refractivity contribution < 1.29 is 67.9 Å². The molecule has 0 aliphatic rings. The average molecular weight is 340 g/mol. The van der Waals surface area contributed by atoms with Gasteiger partial charge in [0.05, 0.1) is 0 Å². The molecule has 0 radical (unpaired) electrons. The van der Waals surface area contributed by atoms with E-state index in [9.17, 15) is 0 Å². The zero-order valence-corrected chi connectivity index (χ0v) is 14.8. The molecule has 0 saturated heterocycles. The first-order valence-electron chi connectivity index (χ1n) is 3.96. The van der Waals surface area contributed by atoms with Gasteiger partial charge < -0.3 is 0 Å². The molecule has 4 heteroatoms. The topological polar surface area (TPSA) is 0 Å². The van der Waals surface area contributed by atoms with Crippen LogP contribution in [-0.2, 0) is 67.9 Å². The Morgan fingerprint density at radius 3 is 1.21 bits per heavy atom. The van der Waals surface area contributed by atoms with Crippen LogP contribution in [0, 0.1) is 6.92 Å². The van der Waals surface area contributed by atoms with Gasteiger partial charge >= 0.3 is 126 Å². The predicted molar refractivity (Wildman–Crippen MR) is 52.7 cm³/mol. The molecule has 0 saturated carbocycles. The van der Waals surface area contributed by atoms with Gasteiger partial charge in [-0.15, -0.1) is 0 Å². The van der Waals surface area contributed by atoms with Crippen molar-refractivity contribution in [3.63, 3.8) is 0 Å². The summed E-state index contributed by atoms with van der Waals surface area (Å²) in [5.41, 5.74) is 0. The first-order valence-corrected chi connectivity index (χ1v) is 6.75. The minimum absolute atomic E-state index is 1.10. The van der Waals surface area contributed by atoms with Crippen molar-refractivity contribution in [2.45, 2.75) is 34.1 Å². The van der Waals surface area contributed by atoms with E-state index in [1.165, 1.54) is 8.45 Å². The maximum absolute atomic E-state index is 3.53. The van der Waals surface area contributed by atoms with Crippen LogP contribution in [0.25, 0.3) is 0 Å². The first kappa shape index (κ1) is 21.1. The fourth-order valence-electron chi connectivity index (χ4n) is 0.370. The average Bonchev–Trinajstić information content (AvgIpc) is 1.82. The van der Waals surface area contributed by atoms with Crippen LogP contribution in [0.2, 0.25) is 0 Å². The molecule has 0 nitrogen and oxygen atoms in total. The maximum atomic E-state index is 3.53. The van der Waals surface area contributed by atoms with E-state index in [0.717, 1.165) is 10.6 Å². The van der Waals surface area contributed by atoms with E-state index in [4.69, 9.17) is 0 Å². The molecule has 0 bridgehead atoms. The quantitative estimate of drug-likeness (QED) is 0.671. The molecule has 0 aliphatic heterocycles. The molecule has 0 aromatic carbocycles. The van der Waals surface area contributed by atoms with Crippen molar-refractivity contribution in [1.82, 2.24) is 0 Å². The Kier molecular flexibility index (Phi) is 26.0. The van der Waals surface area contributed by atoms with Crippen molar-refractivity contribution >= 4 is 17.4 Å². The Balaban J connectivity index is -0.000000147. The summed E-state index contributed by atoms with van der Waals surface area (Å²) in [5.74, 6) is 0. The molecule has 78 valence electrons. The molecule has 0 spiro atoms. The van der Waals surface area contributed by atoms with E-state index in [0.29, 0.717) is 0 Å². The van der Waals surface area contributed by atoms with Crippen molar-refractivity contribution in [3.05, 3.63) is 6.92 Å². The Morgan fingerprint density at radius 1 is 1.07 bits per heavy atom. The summed E-state index contributed by atoms with van der Waals surface area (Å²) in [6.07, 6.45) is 1.14. The molecule has 0 unspecified atom stereocenters. The third kappa shape index (κ3) is 67.1. The molecular formula is C10H16V4-2. The van der Waals surface area contributed by atoms with Crippen LogP contribution in [0.1, 0.15) is 34.1 Å². The van der Waals surface area contributed by atoms with Gasteiger partial charge in [-0.3, -0.25) is 0 Å². The molecule has 0 rings (SSSR count). The molecular weight excluding hydrogens is 324 g/mol. The molecule has 0 heterocycles. The van der Waals surface area contributed by atoms with E-state index in [1.54, 1.807) is 0 Å². The van der Waals surface area contributed by atoms with Crippen molar-refractivity contribution in [2.75, 3.05) is 0 Å². The van der Waals surface area contributed by atoms with Gasteiger partial charge in [0.15, 0.2) is 0 Å². The van der Waals surface area contributed by atoms with Gasteiger partial charge in [0.1, 0.15) is 0 Å². The van der Waals surface area contributed by atoms with Gasteiger partial charge in [-0.25, -0.2) is 0 Å². The Bertz CT molecular complexity index is 178. The van der Waals surface area contributed by atoms with Crippen LogP contribution in [0.5, 0.6) is 0 Å². The Morgan fingerprint density at radius 2 is 1.21 bits per heavy atom. The van der Waals surface area contributed by atoms with E-state index in [1.807, 2.05) is 13.8 Å². The zero-order valence-electron chi connectivity index (χ0n) is 9.20. The number of hydrogen-bond acceptors (Lipinski definition) is 0. The second kappa shape index (κ2) is 17.2. The van der Waals surface area contributed by atoms with E-state index in [2.05, 4.69) is 93.4 Å². The van der Waals surface area contributed by atoms with Gasteiger partial charge in [0, 0.05) is 0 Å². The Hall–Kier alpha value is 1.82. The molecule has 0 amide bonds. The zero-order chi connectivity index (χ0) is 12.1. The molecule has 0 aliphatic carbocycles. The summed E-state index contributed by atoms with van der Waals surface area (Å²) in [6.45, 7) is 11.6. The van der Waals surface area contributed by atoms with Crippen LogP contribution < -0.4 is 0 Å². The standard InChI is InChI=1S/C5H8.C3H5.C2H3.4V/c1-3-5-4-2;1-3-2;1-2;;;;/h5H2,1-2H3;1H2,2H3;1H3;;;;/q;2*-1;;;;. The Labute approximate surface area is 125 Å². The molecule has 0 aromatic rings. The van der Waals surface area contributed by atoms with Crippen LogP contribution >= 0.6 is 0 Å². The van der Waals surface area contributed by atoms with Crippen molar-refractivity contribution in [1.29, 1.82) is 0 Å². The predicted octanol–water partition coefficient (Wildman–Crippen LogP) is 1.65. The fourth-order valence-corrected chi connectivity index (χ4v) is 1.43. The second-order valence-corrected chi connectivity index (χ2v) is 6.88. The SMILES string of the molecule is C[C-]=[V].C[C](=[V])C[C](C)=[V].[CH2-][C](C)=[V]. The molecule has 0 aromatic heterocycles. The van der Waals surface area contributed by atoms with Crippen LogP contribution in [0.15, 0.2) is 0 Å². The van der Waals surface area contributed by atoms with Crippen molar-refractivity contribution in [2.24, 2.45) is 0 Å². The monoisotopic (exact) mass is 340 g/mol. The fraction of sp³-hybridized carbons (Fsp3) is 0.500. The van der Waals surface area contributed by atoms with Gasteiger partial charge in [-0.05, 0) is 0 Å². The van der Waals surface area contributed by atoms with E-state index < -0.39 is 0 Å². The van der Waals surface area contributed by atoms with Crippen molar-refractivity contribution in [3.8, 4) is 0 Å². The number of rotatable bonds is 2. The summed E-state index contributed by atoms with van der Waals surface area (Å²) in [7, 11) is 0. The summed E-state index contributed by atoms with van der Waals surface area (Å²) in [4.78, 5) is 0. The van der Waals surface area contributed by atoms with Gasteiger partial charge in [0.2, 0.25) is 0 Å². The van der Waals surface area contributed by atoms with Crippen LogP contribution in [0.3, 0.4) is 0 Å².